The van der Waals surface area contributed by atoms with Crippen LogP contribution in [0.5, 0.6) is 0 Å². The molecule has 0 fully saturated rings. The average Bonchev–Trinajstić information content (AvgIpc) is 2.74. The molecule has 2 nitrogen and oxygen atoms in total. The lowest BCUT2D eigenvalue weighted by Crippen LogP contribution is -2.18. The number of aromatic nitrogens is 1. The van der Waals surface area contributed by atoms with Crippen LogP contribution in [-0.4, -0.2) is 4.98 Å². The van der Waals surface area contributed by atoms with Crippen LogP contribution < -0.4 is 5.32 Å². The summed E-state index contributed by atoms with van der Waals surface area (Å²) < 4.78 is 0. The average molecular weight is 232 g/mol. The summed E-state index contributed by atoms with van der Waals surface area (Å²) in [5.41, 5.74) is 2.44. The van der Waals surface area contributed by atoms with Gasteiger partial charge in [0.15, 0.2) is 0 Å². The smallest absolute Gasteiger partial charge is 0.0898 e. The monoisotopic (exact) mass is 232 g/mol. The molecule has 3 heteroatoms. The molecule has 0 radical (unpaired) electrons. The number of hydrogen-bond acceptors (Lipinski definition) is 3. The van der Waals surface area contributed by atoms with E-state index in [1.165, 1.54) is 5.56 Å². The van der Waals surface area contributed by atoms with Gasteiger partial charge in [0.1, 0.15) is 0 Å². The molecule has 2 rings (SSSR count). The van der Waals surface area contributed by atoms with Crippen LogP contribution in [0.1, 0.15) is 29.2 Å². The van der Waals surface area contributed by atoms with Gasteiger partial charge in [-0.05, 0) is 19.4 Å². The van der Waals surface area contributed by atoms with Gasteiger partial charge in [-0.3, -0.25) is 0 Å². The molecule has 0 spiro atoms. The Hall–Kier alpha value is -1.19. The third-order valence-corrected chi connectivity index (χ3v) is 3.33. The van der Waals surface area contributed by atoms with E-state index in [0.717, 1.165) is 17.2 Å². The maximum atomic E-state index is 4.48. The summed E-state index contributed by atoms with van der Waals surface area (Å²) >= 11 is 1.70. The lowest BCUT2D eigenvalue weighted by molar-refractivity contribution is 0.563. The molecule has 0 aliphatic carbocycles. The van der Waals surface area contributed by atoms with E-state index in [4.69, 9.17) is 0 Å². The minimum absolute atomic E-state index is 0.310. The highest BCUT2D eigenvalue weighted by atomic mass is 32.1. The zero-order valence-electron chi connectivity index (χ0n) is 9.60. The van der Waals surface area contributed by atoms with Gasteiger partial charge in [-0.1, -0.05) is 30.3 Å². The Kier molecular flexibility index (Phi) is 3.70. The summed E-state index contributed by atoms with van der Waals surface area (Å²) in [5, 5.41) is 6.72. The number of nitrogens with zero attached hydrogens (tertiary/aromatic N) is 1. The van der Waals surface area contributed by atoms with Crippen molar-refractivity contribution in [1.29, 1.82) is 0 Å². The number of aryl methyl sites for hydroxylation is 1. The number of thiazole rings is 1. The van der Waals surface area contributed by atoms with E-state index >= 15 is 0 Å². The van der Waals surface area contributed by atoms with Crippen molar-refractivity contribution < 1.29 is 0 Å². The number of benzene rings is 1. The van der Waals surface area contributed by atoms with Gasteiger partial charge in [0.25, 0.3) is 0 Å². The first kappa shape index (κ1) is 11.3. The van der Waals surface area contributed by atoms with Crippen molar-refractivity contribution >= 4 is 11.3 Å². The third kappa shape index (κ3) is 2.90. The first-order valence-corrected chi connectivity index (χ1v) is 6.33. The van der Waals surface area contributed by atoms with E-state index in [1.54, 1.807) is 11.3 Å². The molecule has 1 aromatic carbocycles. The lowest BCUT2D eigenvalue weighted by Gasteiger charge is -2.11. The fourth-order valence-corrected chi connectivity index (χ4v) is 2.26. The molecular formula is C13H16N2S. The van der Waals surface area contributed by atoms with Crippen molar-refractivity contribution in [3.8, 4) is 0 Å². The van der Waals surface area contributed by atoms with Crippen LogP contribution in [0, 0.1) is 6.92 Å². The molecule has 1 atom stereocenters. The predicted molar refractivity (Wildman–Crippen MR) is 68.5 cm³/mol. The molecule has 0 saturated heterocycles. The van der Waals surface area contributed by atoms with Gasteiger partial charge in [0, 0.05) is 18.0 Å². The Morgan fingerprint density at radius 3 is 2.69 bits per heavy atom. The zero-order chi connectivity index (χ0) is 11.4. The van der Waals surface area contributed by atoms with Gasteiger partial charge in [0.2, 0.25) is 0 Å². The van der Waals surface area contributed by atoms with Gasteiger partial charge in [0.05, 0.1) is 10.7 Å². The maximum Gasteiger partial charge on any atom is 0.0898 e. The molecule has 0 saturated carbocycles. The minimum atomic E-state index is 0.310. The van der Waals surface area contributed by atoms with Crippen molar-refractivity contribution in [1.82, 2.24) is 10.3 Å². The van der Waals surface area contributed by atoms with Crippen molar-refractivity contribution in [3.63, 3.8) is 0 Å². The molecule has 84 valence electrons. The number of nitrogens with one attached hydrogen (secondary N) is 1. The van der Waals surface area contributed by atoms with Gasteiger partial charge in [-0.15, -0.1) is 11.3 Å². The first-order valence-electron chi connectivity index (χ1n) is 5.45. The van der Waals surface area contributed by atoms with Crippen molar-refractivity contribution in [2.45, 2.75) is 26.4 Å². The topological polar surface area (TPSA) is 24.9 Å². The summed E-state index contributed by atoms with van der Waals surface area (Å²) in [4.78, 5) is 4.48. The van der Waals surface area contributed by atoms with Gasteiger partial charge >= 0.3 is 0 Å². The Bertz CT molecular complexity index is 436. The van der Waals surface area contributed by atoms with E-state index in [-0.39, 0.29) is 0 Å². The summed E-state index contributed by atoms with van der Waals surface area (Å²) in [7, 11) is 0. The molecule has 0 aliphatic rings. The molecule has 16 heavy (non-hydrogen) atoms. The van der Waals surface area contributed by atoms with E-state index in [2.05, 4.69) is 46.9 Å². The van der Waals surface area contributed by atoms with Crippen molar-refractivity contribution in [2.24, 2.45) is 0 Å². The second kappa shape index (κ2) is 5.23. The van der Waals surface area contributed by atoms with E-state index in [0.29, 0.717) is 6.04 Å². The van der Waals surface area contributed by atoms with Gasteiger partial charge in [-0.25, -0.2) is 4.98 Å². The first-order chi connectivity index (χ1) is 7.75. The van der Waals surface area contributed by atoms with Crippen LogP contribution in [0.4, 0.5) is 0 Å². The quantitative estimate of drug-likeness (QED) is 0.875. The summed E-state index contributed by atoms with van der Waals surface area (Å²) in [5.74, 6) is 0. The third-order valence-electron chi connectivity index (χ3n) is 2.54. The summed E-state index contributed by atoms with van der Waals surface area (Å²) in [6, 6.07) is 10.7. The molecular weight excluding hydrogens is 216 g/mol. The summed E-state index contributed by atoms with van der Waals surface area (Å²) in [6.07, 6.45) is 0. The second-order valence-electron chi connectivity index (χ2n) is 3.88. The molecule has 1 heterocycles. The lowest BCUT2D eigenvalue weighted by atomic mass is 10.2. The molecule has 1 N–H and O–H groups in total. The number of hydrogen-bond donors (Lipinski definition) is 1. The van der Waals surface area contributed by atoms with Crippen LogP contribution in [0.25, 0.3) is 0 Å². The molecule has 0 bridgehead atoms. The maximum absolute atomic E-state index is 4.48. The normalized spacial score (nSPS) is 12.6. The number of rotatable bonds is 4. The Morgan fingerprint density at radius 2 is 2.06 bits per heavy atom. The molecule has 1 aromatic heterocycles. The molecule has 1 unspecified atom stereocenters. The van der Waals surface area contributed by atoms with Gasteiger partial charge < -0.3 is 5.32 Å². The highest BCUT2D eigenvalue weighted by Crippen LogP contribution is 2.16. The van der Waals surface area contributed by atoms with E-state index in [1.807, 2.05) is 13.0 Å². The van der Waals surface area contributed by atoms with Crippen LogP contribution in [0.3, 0.4) is 0 Å². The van der Waals surface area contributed by atoms with Gasteiger partial charge in [-0.2, -0.15) is 0 Å². The standard InChI is InChI=1S/C13H16N2S/c1-10(13-9-16-11(2)15-13)14-8-12-6-4-3-5-7-12/h3-7,9-10,14H,8H2,1-2H3. The van der Waals surface area contributed by atoms with Crippen LogP contribution in [0.2, 0.25) is 0 Å². The SMILES string of the molecule is Cc1nc(C(C)NCc2ccccc2)cs1. The fourth-order valence-electron chi connectivity index (χ4n) is 1.55. The van der Waals surface area contributed by atoms with Crippen molar-refractivity contribution in [3.05, 3.63) is 52.0 Å². The Balaban J connectivity index is 1.91. The predicted octanol–water partition coefficient (Wildman–Crippen LogP) is 3.30. The Labute approximate surface area is 100 Å². The van der Waals surface area contributed by atoms with Crippen LogP contribution in [-0.2, 0) is 6.54 Å². The van der Waals surface area contributed by atoms with E-state index < -0.39 is 0 Å². The van der Waals surface area contributed by atoms with Crippen molar-refractivity contribution in [2.75, 3.05) is 0 Å². The molecule has 0 aliphatic heterocycles. The second-order valence-corrected chi connectivity index (χ2v) is 4.94. The largest absolute Gasteiger partial charge is 0.305 e. The van der Waals surface area contributed by atoms with Crippen LogP contribution in [0.15, 0.2) is 35.7 Å². The highest BCUT2D eigenvalue weighted by Gasteiger charge is 2.07. The summed E-state index contributed by atoms with van der Waals surface area (Å²) in [6.45, 7) is 5.08. The zero-order valence-corrected chi connectivity index (χ0v) is 10.4. The highest BCUT2D eigenvalue weighted by molar-refractivity contribution is 7.09. The fraction of sp³-hybridized carbons (Fsp3) is 0.308. The van der Waals surface area contributed by atoms with E-state index in [9.17, 15) is 0 Å². The van der Waals surface area contributed by atoms with Crippen LogP contribution >= 0.6 is 11.3 Å². The Morgan fingerprint density at radius 1 is 1.31 bits per heavy atom. The molecule has 0 amide bonds. The molecule has 2 aromatic rings. The minimum Gasteiger partial charge on any atom is -0.305 e.